The highest BCUT2D eigenvalue weighted by Crippen LogP contribution is 2.44. The minimum absolute atomic E-state index is 0.252. The van der Waals surface area contributed by atoms with Gasteiger partial charge in [0.25, 0.3) is 11.8 Å². The van der Waals surface area contributed by atoms with Crippen LogP contribution in [0.2, 0.25) is 0 Å². The Kier molecular flexibility index (Phi) is 6.04. The molecule has 4 aliphatic rings. The van der Waals surface area contributed by atoms with Gasteiger partial charge in [-0.1, -0.05) is 49.6 Å². The van der Waals surface area contributed by atoms with Crippen LogP contribution in [0.3, 0.4) is 0 Å². The number of carbonyl (C=O) groups excluding carboxylic acids is 3. The Morgan fingerprint density at radius 2 is 1.64 bits per heavy atom. The number of piperidine rings is 1. The highest BCUT2D eigenvalue weighted by atomic mass is 16.2. The number of imide groups is 1. The number of benzene rings is 2. The third kappa shape index (κ3) is 4.19. The van der Waals surface area contributed by atoms with E-state index in [1.165, 1.54) is 50.8 Å². The van der Waals surface area contributed by atoms with E-state index < -0.39 is 6.04 Å². The van der Waals surface area contributed by atoms with Crippen molar-refractivity contribution in [2.45, 2.75) is 64.1 Å². The second-order valence-corrected chi connectivity index (χ2v) is 11.0. The lowest BCUT2D eigenvalue weighted by molar-refractivity contribution is -0.126. The maximum atomic E-state index is 13.3. The van der Waals surface area contributed by atoms with Gasteiger partial charge in [0.05, 0.1) is 11.1 Å². The molecule has 6 rings (SSSR count). The molecule has 0 aromatic heterocycles. The summed E-state index contributed by atoms with van der Waals surface area (Å²) >= 11 is 0. The first-order chi connectivity index (χ1) is 17.5. The Bertz CT molecular complexity index is 1180. The topological polar surface area (TPSA) is 81.8 Å². The largest absolute Gasteiger partial charge is 0.380 e. The van der Waals surface area contributed by atoms with E-state index >= 15 is 0 Å². The molecule has 1 saturated carbocycles. The van der Waals surface area contributed by atoms with E-state index in [9.17, 15) is 14.4 Å². The molecular weight excluding hydrogens is 452 g/mol. The number of nitrogens with one attached hydrogen (secondary N) is 2. The second-order valence-electron chi connectivity index (χ2n) is 11.0. The molecule has 0 radical (unpaired) electrons. The molecule has 1 atom stereocenters. The van der Waals surface area contributed by atoms with Crippen LogP contribution in [0, 0.1) is 5.41 Å². The van der Waals surface area contributed by atoms with Crippen molar-refractivity contribution in [3.05, 3.63) is 64.7 Å². The highest BCUT2D eigenvalue weighted by Gasteiger charge is 2.45. The van der Waals surface area contributed by atoms with Crippen LogP contribution in [0.1, 0.15) is 76.8 Å². The van der Waals surface area contributed by atoms with Crippen molar-refractivity contribution in [1.82, 2.24) is 15.1 Å². The van der Waals surface area contributed by atoms with Crippen molar-refractivity contribution in [3.63, 3.8) is 0 Å². The van der Waals surface area contributed by atoms with E-state index in [0.29, 0.717) is 41.7 Å². The maximum absolute atomic E-state index is 13.3. The molecule has 1 spiro atoms. The van der Waals surface area contributed by atoms with Crippen molar-refractivity contribution >= 4 is 23.4 Å². The van der Waals surface area contributed by atoms with E-state index in [0.717, 1.165) is 23.4 Å². The van der Waals surface area contributed by atoms with Gasteiger partial charge in [0, 0.05) is 38.4 Å². The van der Waals surface area contributed by atoms with Gasteiger partial charge in [-0.15, -0.1) is 0 Å². The minimum Gasteiger partial charge on any atom is -0.380 e. The Morgan fingerprint density at radius 1 is 0.889 bits per heavy atom. The van der Waals surface area contributed by atoms with Crippen molar-refractivity contribution in [2.24, 2.45) is 5.41 Å². The molecule has 2 aromatic rings. The molecular formula is C29H34N4O3. The molecule has 2 N–H and O–H groups in total. The van der Waals surface area contributed by atoms with E-state index in [4.69, 9.17) is 0 Å². The standard InChI is InChI=1S/C29H34N4O3/c34-26-24(8-5-15-30-26)33-27(35)22-6-4-7-23(25(22)28(33)36)31-16-20-9-11-21(12-10-20)17-32-18-29(19-32)13-2-1-3-14-29/h4,6-7,9-12,24,31H,1-3,5,8,13-19H2,(H,30,34). The zero-order valence-electron chi connectivity index (χ0n) is 20.7. The number of anilines is 1. The first-order valence-corrected chi connectivity index (χ1v) is 13.4. The minimum atomic E-state index is -0.731. The number of hydrogen-bond donors (Lipinski definition) is 2. The number of rotatable bonds is 6. The molecule has 36 heavy (non-hydrogen) atoms. The SMILES string of the molecule is O=C1NCCCC1N1C(=O)c2cccc(NCc3ccc(CN4CC5(CCCCC5)C4)cc3)c2C1=O. The molecule has 3 aliphatic heterocycles. The third-order valence-electron chi connectivity index (χ3n) is 8.46. The fraction of sp³-hybridized carbons (Fsp3) is 0.483. The molecule has 2 aromatic carbocycles. The van der Waals surface area contributed by atoms with Gasteiger partial charge in [-0.3, -0.25) is 24.2 Å². The van der Waals surface area contributed by atoms with E-state index in [-0.39, 0.29) is 17.7 Å². The van der Waals surface area contributed by atoms with Crippen LogP contribution in [0.15, 0.2) is 42.5 Å². The normalized spacial score (nSPS) is 23.4. The predicted molar refractivity (Wildman–Crippen MR) is 138 cm³/mol. The fourth-order valence-corrected chi connectivity index (χ4v) is 6.59. The van der Waals surface area contributed by atoms with Crippen LogP contribution in [-0.4, -0.2) is 53.2 Å². The van der Waals surface area contributed by atoms with Gasteiger partial charge in [-0.2, -0.15) is 0 Å². The van der Waals surface area contributed by atoms with Crippen LogP contribution in [0.5, 0.6) is 0 Å². The summed E-state index contributed by atoms with van der Waals surface area (Å²) in [5.41, 5.74) is 4.41. The van der Waals surface area contributed by atoms with Crippen LogP contribution >= 0.6 is 0 Å². The molecule has 3 heterocycles. The molecule has 2 saturated heterocycles. The Balaban J connectivity index is 1.09. The van der Waals surface area contributed by atoms with E-state index in [2.05, 4.69) is 39.8 Å². The van der Waals surface area contributed by atoms with Gasteiger partial charge < -0.3 is 10.6 Å². The Labute approximate surface area is 212 Å². The predicted octanol–water partition coefficient (Wildman–Crippen LogP) is 3.94. The molecule has 7 nitrogen and oxygen atoms in total. The van der Waals surface area contributed by atoms with Crippen molar-refractivity contribution in [3.8, 4) is 0 Å². The first-order valence-electron chi connectivity index (χ1n) is 13.4. The molecule has 1 unspecified atom stereocenters. The smallest absolute Gasteiger partial charge is 0.264 e. The Morgan fingerprint density at radius 3 is 2.39 bits per heavy atom. The fourth-order valence-electron chi connectivity index (χ4n) is 6.59. The van der Waals surface area contributed by atoms with Crippen LogP contribution in [0.4, 0.5) is 5.69 Å². The quantitative estimate of drug-likeness (QED) is 0.605. The number of fused-ring (bicyclic) bond motifs is 1. The number of hydrogen-bond acceptors (Lipinski definition) is 5. The zero-order valence-corrected chi connectivity index (χ0v) is 20.7. The van der Waals surface area contributed by atoms with Crippen LogP contribution in [-0.2, 0) is 17.9 Å². The molecule has 0 bridgehead atoms. The van der Waals surface area contributed by atoms with Gasteiger partial charge in [0.1, 0.15) is 6.04 Å². The number of nitrogens with zero attached hydrogens (tertiary/aromatic N) is 2. The average molecular weight is 487 g/mol. The lowest BCUT2D eigenvalue weighted by atomic mass is 9.68. The summed E-state index contributed by atoms with van der Waals surface area (Å²) in [6, 6.07) is 13.2. The summed E-state index contributed by atoms with van der Waals surface area (Å²) in [7, 11) is 0. The summed E-state index contributed by atoms with van der Waals surface area (Å²) in [6.45, 7) is 4.62. The second kappa shape index (κ2) is 9.36. The number of amides is 3. The maximum Gasteiger partial charge on any atom is 0.264 e. The summed E-state index contributed by atoms with van der Waals surface area (Å²) in [5.74, 6) is -1.02. The molecule has 3 amide bonds. The molecule has 7 heteroatoms. The van der Waals surface area contributed by atoms with Crippen LogP contribution < -0.4 is 10.6 Å². The lowest BCUT2D eigenvalue weighted by Crippen LogP contribution is -2.56. The Hall–Kier alpha value is -3.19. The molecule has 1 aliphatic carbocycles. The van der Waals surface area contributed by atoms with Gasteiger partial charge in [0.2, 0.25) is 5.91 Å². The van der Waals surface area contributed by atoms with Crippen molar-refractivity contribution in [2.75, 3.05) is 25.0 Å². The number of likely N-dealkylation sites (tertiary alicyclic amines) is 1. The summed E-state index contributed by atoms with van der Waals surface area (Å²) in [4.78, 5) is 42.3. The van der Waals surface area contributed by atoms with Crippen LogP contribution in [0.25, 0.3) is 0 Å². The molecule has 3 fully saturated rings. The number of carbonyl (C=O) groups is 3. The van der Waals surface area contributed by atoms with Gasteiger partial charge in [-0.05, 0) is 54.4 Å². The van der Waals surface area contributed by atoms with Gasteiger partial charge in [-0.25, -0.2) is 0 Å². The first kappa shape index (κ1) is 23.2. The van der Waals surface area contributed by atoms with E-state index in [1.54, 1.807) is 12.1 Å². The van der Waals surface area contributed by atoms with Crippen molar-refractivity contribution < 1.29 is 14.4 Å². The van der Waals surface area contributed by atoms with Gasteiger partial charge in [0.15, 0.2) is 0 Å². The summed E-state index contributed by atoms with van der Waals surface area (Å²) in [6.07, 6.45) is 8.26. The monoisotopic (exact) mass is 486 g/mol. The lowest BCUT2D eigenvalue weighted by Gasteiger charge is -2.52. The highest BCUT2D eigenvalue weighted by molar-refractivity contribution is 6.25. The zero-order chi connectivity index (χ0) is 24.7. The summed E-state index contributed by atoms with van der Waals surface area (Å²) in [5, 5.41) is 6.13. The average Bonchev–Trinajstić information content (AvgIpc) is 3.14. The van der Waals surface area contributed by atoms with Gasteiger partial charge >= 0.3 is 0 Å². The van der Waals surface area contributed by atoms with E-state index in [1.807, 2.05) is 6.07 Å². The molecule has 188 valence electrons. The van der Waals surface area contributed by atoms with Crippen molar-refractivity contribution in [1.29, 1.82) is 0 Å². The third-order valence-corrected chi connectivity index (χ3v) is 8.46. The summed E-state index contributed by atoms with van der Waals surface area (Å²) < 4.78 is 0.